The molecule has 2 N–H and O–H groups in total. The van der Waals surface area contributed by atoms with E-state index >= 15 is 0 Å². The monoisotopic (exact) mass is 338 g/mol. The summed E-state index contributed by atoms with van der Waals surface area (Å²) in [5.41, 5.74) is 1.63. The molecule has 3 aromatic rings. The van der Waals surface area contributed by atoms with Crippen LogP contribution in [0.4, 0.5) is 0 Å². The molecule has 3 rings (SSSR count). The zero-order chi connectivity index (χ0) is 17.6. The summed E-state index contributed by atoms with van der Waals surface area (Å²) in [7, 11) is 1.81. The van der Waals surface area contributed by atoms with Gasteiger partial charge in [-0.1, -0.05) is 30.3 Å². The Hall–Kier alpha value is -2.86. The van der Waals surface area contributed by atoms with Crippen molar-refractivity contribution in [3.05, 3.63) is 72.2 Å². The molecule has 0 bridgehead atoms. The van der Waals surface area contributed by atoms with Gasteiger partial charge in [-0.3, -0.25) is 9.48 Å². The molecular weight excluding hydrogens is 316 g/mol. The lowest BCUT2D eigenvalue weighted by Crippen LogP contribution is -2.29. The molecule has 0 fully saturated rings. The highest BCUT2D eigenvalue weighted by atomic mass is 16.3. The molecule has 0 aliphatic heterocycles. The number of amides is 1. The van der Waals surface area contributed by atoms with Gasteiger partial charge in [-0.15, -0.1) is 0 Å². The minimum Gasteiger partial charge on any atom is -0.396 e. The number of hydrogen-bond donors (Lipinski definition) is 2. The van der Waals surface area contributed by atoms with Crippen LogP contribution in [-0.4, -0.2) is 38.5 Å². The smallest absolute Gasteiger partial charge is 0.256 e. The van der Waals surface area contributed by atoms with Gasteiger partial charge in [0, 0.05) is 38.5 Å². The first kappa shape index (κ1) is 17.0. The summed E-state index contributed by atoms with van der Waals surface area (Å²) >= 11 is 0. The first-order valence-corrected chi connectivity index (χ1v) is 8.30. The first-order valence-electron chi connectivity index (χ1n) is 8.30. The Bertz CT molecular complexity index is 809. The molecule has 1 aromatic carbocycles. The van der Waals surface area contributed by atoms with Crippen molar-refractivity contribution in [3.63, 3.8) is 0 Å². The number of carbonyl (C=O) groups excluding carboxylic acids is 1. The van der Waals surface area contributed by atoms with Gasteiger partial charge in [0.15, 0.2) is 0 Å². The van der Waals surface area contributed by atoms with Crippen molar-refractivity contribution in [2.24, 2.45) is 7.05 Å². The van der Waals surface area contributed by atoms with Crippen molar-refractivity contribution in [2.75, 3.05) is 13.2 Å². The van der Waals surface area contributed by atoms with Crippen molar-refractivity contribution in [1.82, 2.24) is 19.7 Å². The van der Waals surface area contributed by atoms with Crippen LogP contribution < -0.4 is 5.32 Å². The molecule has 2 heterocycles. The standard InChI is InChI=1S/C19H22N4O2/c1-22-19(23-10-5-6-11-23)17(14-21-22)18(25)20-13-16(9-12-24)15-7-3-2-4-8-15/h2-8,10-11,14,16,24H,9,12-13H2,1H3,(H,20,25). The molecule has 2 aromatic heterocycles. The van der Waals surface area contributed by atoms with E-state index in [0.29, 0.717) is 18.5 Å². The Morgan fingerprint density at radius 1 is 1.20 bits per heavy atom. The van der Waals surface area contributed by atoms with E-state index in [4.69, 9.17) is 0 Å². The quantitative estimate of drug-likeness (QED) is 0.693. The summed E-state index contributed by atoms with van der Waals surface area (Å²) < 4.78 is 3.54. The van der Waals surface area contributed by atoms with Crippen LogP contribution in [-0.2, 0) is 7.05 Å². The molecule has 0 saturated heterocycles. The number of hydrogen-bond acceptors (Lipinski definition) is 3. The average Bonchev–Trinajstić information content (AvgIpc) is 3.28. The summed E-state index contributed by atoms with van der Waals surface area (Å²) in [6.07, 6.45) is 5.94. The van der Waals surface area contributed by atoms with Crippen LogP contribution in [0, 0.1) is 0 Å². The number of aryl methyl sites for hydroxylation is 1. The maximum Gasteiger partial charge on any atom is 0.256 e. The zero-order valence-corrected chi connectivity index (χ0v) is 14.2. The fraction of sp³-hybridized carbons (Fsp3) is 0.263. The molecular formula is C19H22N4O2. The van der Waals surface area contributed by atoms with E-state index in [1.165, 1.54) is 0 Å². The summed E-state index contributed by atoms with van der Waals surface area (Å²) in [5, 5.41) is 16.5. The highest BCUT2D eigenvalue weighted by Crippen LogP contribution is 2.19. The molecule has 130 valence electrons. The van der Waals surface area contributed by atoms with Crippen LogP contribution in [0.25, 0.3) is 5.82 Å². The second-order valence-electron chi connectivity index (χ2n) is 5.93. The lowest BCUT2D eigenvalue weighted by Gasteiger charge is -2.17. The fourth-order valence-electron chi connectivity index (χ4n) is 2.95. The van der Waals surface area contributed by atoms with Crippen LogP contribution in [0.3, 0.4) is 0 Å². The number of rotatable bonds is 7. The number of aliphatic hydroxyl groups is 1. The van der Waals surface area contributed by atoms with E-state index in [2.05, 4.69) is 10.4 Å². The first-order chi connectivity index (χ1) is 12.2. The molecule has 1 amide bonds. The number of nitrogens with one attached hydrogen (secondary N) is 1. The van der Waals surface area contributed by atoms with E-state index in [0.717, 1.165) is 11.4 Å². The normalized spacial score (nSPS) is 12.1. The van der Waals surface area contributed by atoms with Crippen molar-refractivity contribution in [3.8, 4) is 5.82 Å². The van der Waals surface area contributed by atoms with E-state index in [1.54, 1.807) is 10.9 Å². The van der Waals surface area contributed by atoms with Gasteiger partial charge in [0.1, 0.15) is 11.4 Å². The zero-order valence-electron chi connectivity index (χ0n) is 14.2. The summed E-state index contributed by atoms with van der Waals surface area (Å²) in [6, 6.07) is 13.7. The number of aromatic nitrogens is 3. The second kappa shape index (κ2) is 7.81. The minimum absolute atomic E-state index is 0.0712. The van der Waals surface area contributed by atoms with Crippen LogP contribution >= 0.6 is 0 Å². The summed E-state index contributed by atoms with van der Waals surface area (Å²) in [5.74, 6) is 0.624. The summed E-state index contributed by atoms with van der Waals surface area (Å²) in [4.78, 5) is 12.7. The molecule has 0 radical (unpaired) electrons. The number of carbonyl (C=O) groups is 1. The van der Waals surface area contributed by atoms with Gasteiger partial charge in [-0.2, -0.15) is 5.10 Å². The molecule has 0 saturated carbocycles. The van der Waals surface area contributed by atoms with Gasteiger partial charge >= 0.3 is 0 Å². The Balaban J connectivity index is 1.74. The fourth-order valence-corrected chi connectivity index (χ4v) is 2.95. The van der Waals surface area contributed by atoms with Crippen LogP contribution in [0.15, 0.2) is 61.1 Å². The van der Waals surface area contributed by atoms with Crippen molar-refractivity contribution in [1.29, 1.82) is 0 Å². The number of aliphatic hydroxyl groups excluding tert-OH is 1. The molecule has 25 heavy (non-hydrogen) atoms. The maximum absolute atomic E-state index is 12.7. The second-order valence-corrected chi connectivity index (χ2v) is 5.93. The van der Waals surface area contributed by atoms with E-state index in [9.17, 15) is 9.90 Å². The average molecular weight is 338 g/mol. The van der Waals surface area contributed by atoms with Crippen molar-refractivity contribution >= 4 is 5.91 Å². The largest absolute Gasteiger partial charge is 0.396 e. The van der Waals surface area contributed by atoms with Gasteiger partial charge in [0.05, 0.1) is 6.20 Å². The van der Waals surface area contributed by atoms with Crippen molar-refractivity contribution < 1.29 is 9.90 Å². The Kier molecular flexibility index (Phi) is 5.30. The molecule has 0 spiro atoms. The van der Waals surface area contributed by atoms with Crippen LogP contribution in [0.5, 0.6) is 0 Å². The number of benzene rings is 1. The lowest BCUT2D eigenvalue weighted by molar-refractivity contribution is 0.0949. The van der Waals surface area contributed by atoms with Gasteiger partial charge < -0.3 is 15.0 Å². The SMILES string of the molecule is Cn1ncc(C(=O)NCC(CCO)c2ccccc2)c1-n1cccc1. The predicted octanol–water partition coefficient (Wildman–Crippen LogP) is 2.11. The Labute approximate surface area is 146 Å². The number of nitrogens with zero attached hydrogens (tertiary/aromatic N) is 3. The maximum atomic E-state index is 12.7. The molecule has 6 nitrogen and oxygen atoms in total. The third kappa shape index (κ3) is 3.80. The molecule has 6 heteroatoms. The third-order valence-corrected chi connectivity index (χ3v) is 4.26. The minimum atomic E-state index is -0.171. The molecule has 1 unspecified atom stereocenters. The van der Waals surface area contributed by atoms with E-state index < -0.39 is 0 Å². The highest BCUT2D eigenvalue weighted by molar-refractivity contribution is 5.97. The topological polar surface area (TPSA) is 72.1 Å². The third-order valence-electron chi connectivity index (χ3n) is 4.26. The Morgan fingerprint density at radius 3 is 2.60 bits per heavy atom. The molecule has 0 aliphatic rings. The Morgan fingerprint density at radius 2 is 1.92 bits per heavy atom. The molecule has 0 aliphatic carbocycles. The van der Waals surface area contributed by atoms with Gasteiger partial charge in [0.2, 0.25) is 0 Å². The van der Waals surface area contributed by atoms with Gasteiger partial charge in [0.25, 0.3) is 5.91 Å². The predicted molar refractivity (Wildman–Crippen MR) is 95.8 cm³/mol. The van der Waals surface area contributed by atoms with Gasteiger partial charge in [-0.05, 0) is 24.1 Å². The molecule has 1 atom stereocenters. The highest BCUT2D eigenvalue weighted by Gasteiger charge is 2.19. The summed E-state index contributed by atoms with van der Waals surface area (Å²) in [6.45, 7) is 0.542. The van der Waals surface area contributed by atoms with Crippen molar-refractivity contribution in [2.45, 2.75) is 12.3 Å². The van der Waals surface area contributed by atoms with Gasteiger partial charge in [-0.25, -0.2) is 0 Å². The van der Waals surface area contributed by atoms with E-state index in [-0.39, 0.29) is 18.4 Å². The van der Waals surface area contributed by atoms with Crippen LogP contribution in [0.2, 0.25) is 0 Å². The van der Waals surface area contributed by atoms with E-state index in [1.807, 2.05) is 66.5 Å². The lowest BCUT2D eigenvalue weighted by atomic mass is 9.96. The van der Waals surface area contributed by atoms with Crippen LogP contribution in [0.1, 0.15) is 28.3 Å².